The molecule has 0 aliphatic heterocycles. The van der Waals surface area contributed by atoms with E-state index in [0.717, 1.165) is 5.56 Å². The van der Waals surface area contributed by atoms with Crippen LogP contribution in [-0.2, 0) is 6.42 Å². The number of amides is 1. The average molecular weight is 247 g/mol. The van der Waals surface area contributed by atoms with Gasteiger partial charge in [-0.1, -0.05) is 0 Å². The van der Waals surface area contributed by atoms with E-state index in [-0.39, 0.29) is 17.8 Å². The average Bonchev–Trinajstić information content (AvgIpc) is 2.82. The lowest BCUT2D eigenvalue weighted by Gasteiger charge is -2.12. The molecule has 0 bridgehead atoms. The Morgan fingerprint density at radius 3 is 2.67 bits per heavy atom. The molecule has 0 radical (unpaired) electrons. The van der Waals surface area contributed by atoms with Crippen molar-refractivity contribution >= 4 is 5.91 Å². The Morgan fingerprint density at radius 2 is 2.06 bits per heavy atom. The fourth-order valence-electron chi connectivity index (χ4n) is 1.72. The van der Waals surface area contributed by atoms with Gasteiger partial charge in [-0.05, 0) is 49.2 Å². The molecule has 94 valence electrons. The van der Waals surface area contributed by atoms with Gasteiger partial charge in [0.25, 0.3) is 5.91 Å². The molecule has 1 N–H and O–H groups in total. The summed E-state index contributed by atoms with van der Waals surface area (Å²) in [7, 11) is 0. The fraction of sp³-hybridized carbons (Fsp3) is 0.214. The standard InChI is InChI=1S/C14H14FNO2/c1-10(8-11-6-7-18-9-11)16-14(17)12-2-4-13(15)5-3-12/h2-7,9-10H,8H2,1H3,(H,16,17). The zero-order valence-electron chi connectivity index (χ0n) is 10.0. The first-order valence-corrected chi connectivity index (χ1v) is 5.72. The van der Waals surface area contributed by atoms with E-state index in [9.17, 15) is 9.18 Å². The normalized spacial score (nSPS) is 12.1. The molecule has 2 aromatic rings. The first-order valence-electron chi connectivity index (χ1n) is 5.72. The molecule has 1 amide bonds. The summed E-state index contributed by atoms with van der Waals surface area (Å²) in [5.41, 5.74) is 1.48. The Hall–Kier alpha value is -2.10. The number of rotatable bonds is 4. The Morgan fingerprint density at radius 1 is 1.33 bits per heavy atom. The van der Waals surface area contributed by atoms with Crippen molar-refractivity contribution in [3.05, 3.63) is 59.8 Å². The van der Waals surface area contributed by atoms with Crippen molar-refractivity contribution < 1.29 is 13.6 Å². The van der Waals surface area contributed by atoms with Crippen molar-refractivity contribution in [1.82, 2.24) is 5.32 Å². The van der Waals surface area contributed by atoms with Crippen LogP contribution in [0.25, 0.3) is 0 Å². The second-order valence-corrected chi connectivity index (χ2v) is 4.22. The van der Waals surface area contributed by atoms with Crippen LogP contribution in [0.5, 0.6) is 0 Å². The van der Waals surface area contributed by atoms with E-state index in [1.165, 1.54) is 24.3 Å². The molecule has 18 heavy (non-hydrogen) atoms. The molecule has 1 aromatic heterocycles. The molecule has 3 nitrogen and oxygen atoms in total. The molecule has 0 spiro atoms. The molecule has 4 heteroatoms. The number of nitrogens with one attached hydrogen (secondary N) is 1. The minimum absolute atomic E-state index is 0.0137. The summed E-state index contributed by atoms with van der Waals surface area (Å²) < 4.78 is 17.7. The number of halogens is 1. The van der Waals surface area contributed by atoms with Crippen LogP contribution < -0.4 is 5.32 Å². The van der Waals surface area contributed by atoms with E-state index in [4.69, 9.17) is 4.42 Å². The molecule has 1 unspecified atom stereocenters. The van der Waals surface area contributed by atoms with Crippen molar-refractivity contribution in [3.8, 4) is 0 Å². The predicted octanol–water partition coefficient (Wildman–Crippen LogP) is 2.78. The van der Waals surface area contributed by atoms with Crippen LogP contribution in [-0.4, -0.2) is 11.9 Å². The Balaban J connectivity index is 1.92. The topological polar surface area (TPSA) is 42.2 Å². The highest BCUT2D eigenvalue weighted by Crippen LogP contribution is 2.06. The van der Waals surface area contributed by atoms with E-state index in [1.807, 2.05) is 13.0 Å². The van der Waals surface area contributed by atoms with Gasteiger partial charge in [-0.3, -0.25) is 4.79 Å². The van der Waals surface area contributed by atoms with Gasteiger partial charge < -0.3 is 9.73 Å². The van der Waals surface area contributed by atoms with Gasteiger partial charge in [-0.25, -0.2) is 4.39 Å². The van der Waals surface area contributed by atoms with Gasteiger partial charge in [0.2, 0.25) is 0 Å². The minimum Gasteiger partial charge on any atom is -0.472 e. The molecule has 2 rings (SSSR count). The minimum atomic E-state index is -0.349. The van der Waals surface area contributed by atoms with Gasteiger partial charge in [0, 0.05) is 11.6 Å². The molecular formula is C14H14FNO2. The summed E-state index contributed by atoms with van der Waals surface area (Å²) in [5, 5.41) is 2.85. The highest BCUT2D eigenvalue weighted by atomic mass is 19.1. The number of hydrogen-bond acceptors (Lipinski definition) is 2. The third-order valence-corrected chi connectivity index (χ3v) is 2.61. The largest absolute Gasteiger partial charge is 0.472 e. The van der Waals surface area contributed by atoms with Gasteiger partial charge >= 0.3 is 0 Å². The lowest BCUT2D eigenvalue weighted by molar-refractivity contribution is 0.0940. The smallest absolute Gasteiger partial charge is 0.251 e. The van der Waals surface area contributed by atoms with Crippen molar-refractivity contribution in [3.63, 3.8) is 0 Å². The van der Waals surface area contributed by atoms with Crippen LogP contribution in [0.15, 0.2) is 47.3 Å². The Labute approximate surface area is 105 Å². The lowest BCUT2D eigenvalue weighted by Crippen LogP contribution is -2.33. The van der Waals surface area contributed by atoms with Crippen molar-refractivity contribution in [2.75, 3.05) is 0 Å². The highest BCUT2D eigenvalue weighted by molar-refractivity contribution is 5.94. The zero-order chi connectivity index (χ0) is 13.0. The third-order valence-electron chi connectivity index (χ3n) is 2.61. The molecule has 0 saturated heterocycles. The molecule has 0 aliphatic rings. The zero-order valence-corrected chi connectivity index (χ0v) is 10.0. The third kappa shape index (κ3) is 3.20. The first-order chi connectivity index (χ1) is 8.65. The monoisotopic (exact) mass is 247 g/mol. The fourth-order valence-corrected chi connectivity index (χ4v) is 1.72. The van der Waals surface area contributed by atoms with E-state index in [1.54, 1.807) is 12.5 Å². The molecule has 0 fully saturated rings. The summed E-state index contributed by atoms with van der Waals surface area (Å²) >= 11 is 0. The van der Waals surface area contributed by atoms with Gasteiger partial charge in [-0.15, -0.1) is 0 Å². The first kappa shape index (κ1) is 12.4. The van der Waals surface area contributed by atoms with Crippen LogP contribution in [0.4, 0.5) is 4.39 Å². The summed E-state index contributed by atoms with van der Waals surface area (Å²) in [5.74, 6) is -0.552. The van der Waals surface area contributed by atoms with Gasteiger partial charge in [0.05, 0.1) is 12.5 Å². The van der Waals surface area contributed by atoms with Crippen LogP contribution in [0.1, 0.15) is 22.8 Å². The molecule has 1 atom stereocenters. The maximum atomic E-state index is 12.7. The molecule has 0 saturated carbocycles. The number of furan rings is 1. The quantitative estimate of drug-likeness (QED) is 0.902. The van der Waals surface area contributed by atoms with E-state index >= 15 is 0 Å². The second-order valence-electron chi connectivity index (χ2n) is 4.22. The lowest BCUT2D eigenvalue weighted by atomic mass is 10.1. The predicted molar refractivity (Wildman–Crippen MR) is 65.7 cm³/mol. The SMILES string of the molecule is CC(Cc1ccoc1)NC(=O)c1ccc(F)cc1. The van der Waals surface area contributed by atoms with Crippen molar-refractivity contribution in [2.45, 2.75) is 19.4 Å². The number of benzene rings is 1. The molecule has 0 aliphatic carbocycles. The number of carbonyl (C=O) groups excluding carboxylic acids is 1. The summed E-state index contributed by atoms with van der Waals surface area (Å²) in [4.78, 5) is 11.8. The van der Waals surface area contributed by atoms with E-state index in [0.29, 0.717) is 12.0 Å². The van der Waals surface area contributed by atoms with Crippen LogP contribution in [0, 0.1) is 5.82 Å². The van der Waals surface area contributed by atoms with E-state index < -0.39 is 0 Å². The van der Waals surface area contributed by atoms with Crippen LogP contribution in [0.2, 0.25) is 0 Å². The maximum Gasteiger partial charge on any atom is 0.251 e. The highest BCUT2D eigenvalue weighted by Gasteiger charge is 2.10. The van der Waals surface area contributed by atoms with Crippen molar-refractivity contribution in [2.24, 2.45) is 0 Å². The Bertz CT molecular complexity index is 505. The van der Waals surface area contributed by atoms with Gasteiger partial charge in [0.1, 0.15) is 5.82 Å². The van der Waals surface area contributed by atoms with Gasteiger partial charge in [-0.2, -0.15) is 0 Å². The van der Waals surface area contributed by atoms with Crippen molar-refractivity contribution in [1.29, 1.82) is 0 Å². The summed E-state index contributed by atoms with van der Waals surface area (Å²) in [6, 6.07) is 7.33. The second kappa shape index (κ2) is 5.49. The number of carbonyl (C=O) groups is 1. The van der Waals surface area contributed by atoms with Crippen LogP contribution in [0.3, 0.4) is 0 Å². The molecular weight excluding hydrogens is 233 g/mol. The van der Waals surface area contributed by atoms with Gasteiger partial charge in [0.15, 0.2) is 0 Å². The maximum absolute atomic E-state index is 12.7. The number of hydrogen-bond donors (Lipinski definition) is 1. The Kier molecular flexibility index (Phi) is 3.77. The van der Waals surface area contributed by atoms with E-state index in [2.05, 4.69) is 5.32 Å². The van der Waals surface area contributed by atoms with Crippen LogP contribution >= 0.6 is 0 Å². The summed E-state index contributed by atoms with van der Waals surface area (Å²) in [6.45, 7) is 1.91. The molecule has 1 heterocycles. The molecule has 1 aromatic carbocycles. The summed E-state index contributed by atoms with van der Waals surface area (Å²) in [6.07, 6.45) is 3.95.